The van der Waals surface area contributed by atoms with Crippen molar-refractivity contribution in [2.45, 2.75) is 71.3 Å². The molecule has 0 bridgehead atoms. The summed E-state index contributed by atoms with van der Waals surface area (Å²) in [7, 11) is 0. The Balaban J connectivity index is 1.94. The highest BCUT2D eigenvalue weighted by Gasteiger charge is 2.38. The molecule has 0 spiro atoms. The van der Waals surface area contributed by atoms with Crippen molar-refractivity contribution in [2.75, 3.05) is 18.8 Å². The summed E-state index contributed by atoms with van der Waals surface area (Å²) >= 11 is 4.71. The summed E-state index contributed by atoms with van der Waals surface area (Å²) in [6, 6.07) is 0.929. The van der Waals surface area contributed by atoms with Gasteiger partial charge in [0.2, 0.25) is 0 Å². The van der Waals surface area contributed by atoms with E-state index in [-0.39, 0.29) is 0 Å². The summed E-state index contributed by atoms with van der Waals surface area (Å²) in [5.74, 6) is 2.11. The lowest BCUT2D eigenvalue weighted by atomic mass is 9.80. The topological polar surface area (TPSA) is 3.24 Å². The van der Waals surface area contributed by atoms with Gasteiger partial charge in [-0.2, -0.15) is 12.6 Å². The van der Waals surface area contributed by atoms with Crippen molar-refractivity contribution in [2.24, 2.45) is 11.3 Å². The highest BCUT2D eigenvalue weighted by Crippen LogP contribution is 2.39. The number of nitrogens with zero attached hydrogens (tertiary/aromatic N) is 1. The van der Waals surface area contributed by atoms with Gasteiger partial charge in [0.15, 0.2) is 0 Å². The molecule has 2 fully saturated rings. The first-order valence-electron chi connectivity index (χ1n) is 8.08. The standard InChI is InChI=1S/C16H31NS/c1-3-9-16(13-18,10-4-2)12-17(15-7-8-15)11-14-5-6-14/h14-15,18H,3-13H2,1-2H3. The monoisotopic (exact) mass is 269 g/mol. The SMILES string of the molecule is CCCC(CS)(CCC)CN(CC1CC1)C1CC1. The Morgan fingerprint density at radius 1 is 1.06 bits per heavy atom. The van der Waals surface area contributed by atoms with Crippen molar-refractivity contribution >= 4 is 12.6 Å². The quantitative estimate of drug-likeness (QED) is 0.576. The fourth-order valence-corrected chi connectivity index (χ4v) is 3.81. The van der Waals surface area contributed by atoms with Crippen molar-refractivity contribution in [3.8, 4) is 0 Å². The molecule has 2 heteroatoms. The van der Waals surface area contributed by atoms with Gasteiger partial charge in [0.25, 0.3) is 0 Å². The fourth-order valence-electron chi connectivity index (χ4n) is 3.40. The Kier molecular flexibility index (Phi) is 5.44. The zero-order chi connectivity index (χ0) is 13.0. The summed E-state index contributed by atoms with van der Waals surface area (Å²) in [4.78, 5) is 2.83. The number of thiol groups is 1. The lowest BCUT2D eigenvalue weighted by molar-refractivity contribution is 0.135. The molecule has 0 aromatic rings. The van der Waals surface area contributed by atoms with Crippen LogP contribution in [0.2, 0.25) is 0 Å². The van der Waals surface area contributed by atoms with Gasteiger partial charge in [0, 0.05) is 19.1 Å². The van der Waals surface area contributed by atoms with Crippen molar-refractivity contribution in [3.05, 3.63) is 0 Å². The summed E-state index contributed by atoms with van der Waals surface area (Å²) < 4.78 is 0. The second kappa shape index (κ2) is 6.65. The van der Waals surface area contributed by atoms with Gasteiger partial charge in [0.05, 0.1) is 0 Å². The number of hydrogen-bond acceptors (Lipinski definition) is 2. The third-order valence-electron chi connectivity index (χ3n) is 4.69. The van der Waals surface area contributed by atoms with Gasteiger partial charge < -0.3 is 0 Å². The van der Waals surface area contributed by atoms with E-state index in [0.717, 1.165) is 17.7 Å². The van der Waals surface area contributed by atoms with E-state index in [2.05, 4.69) is 18.7 Å². The van der Waals surface area contributed by atoms with Crippen molar-refractivity contribution in [3.63, 3.8) is 0 Å². The van der Waals surface area contributed by atoms with E-state index in [0.29, 0.717) is 5.41 Å². The number of rotatable bonds is 10. The fraction of sp³-hybridized carbons (Fsp3) is 1.00. The van der Waals surface area contributed by atoms with Crippen LogP contribution in [0.5, 0.6) is 0 Å². The molecule has 0 unspecified atom stereocenters. The minimum atomic E-state index is 0.490. The Morgan fingerprint density at radius 2 is 1.67 bits per heavy atom. The molecule has 18 heavy (non-hydrogen) atoms. The minimum Gasteiger partial charge on any atom is -0.300 e. The highest BCUT2D eigenvalue weighted by atomic mass is 32.1. The van der Waals surface area contributed by atoms with Crippen LogP contribution in [0.1, 0.15) is 65.2 Å². The molecular formula is C16H31NS. The molecule has 0 amide bonds. The normalized spacial score (nSPS) is 20.7. The van der Waals surface area contributed by atoms with E-state index in [1.165, 1.54) is 64.5 Å². The summed E-state index contributed by atoms with van der Waals surface area (Å²) in [5, 5.41) is 0. The van der Waals surface area contributed by atoms with Crippen LogP contribution in [0.4, 0.5) is 0 Å². The largest absolute Gasteiger partial charge is 0.300 e. The summed E-state index contributed by atoms with van der Waals surface area (Å²) in [6.45, 7) is 7.36. The van der Waals surface area contributed by atoms with E-state index in [1.807, 2.05) is 0 Å². The van der Waals surface area contributed by atoms with Gasteiger partial charge in [0.1, 0.15) is 0 Å². The first-order chi connectivity index (χ1) is 8.73. The maximum absolute atomic E-state index is 4.71. The first-order valence-corrected chi connectivity index (χ1v) is 8.71. The van der Waals surface area contributed by atoms with Gasteiger partial charge >= 0.3 is 0 Å². The average molecular weight is 269 g/mol. The zero-order valence-corrected chi connectivity index (χ0v) is 13.2. The Hall–Kier alpha value is 0.310. The molecule has 1 nitrogen and oxygen atoms in total. The summed E-state index contributed by atoms with van der Waals surface area (Å²) in [5.41, 5.74) is 0.490. The van der Waals surface area contributed by atoms with Crippen LogP contribution < -0.4 is 0 Å². The second-order valence-corrected chi connectivity index (χ2v) is 7.08. The molecule has 2 rings (SSSR count). The molecule has 2 aliphatic carbocycles. The Morgan fingerprint density at radius 3 is 2.06 bits per heavy atom. The molecule has 0 saturated heterocycles. The van der Waals surface area contributed by atoms with E-state index < -0.39 is 0 Å². The van der Waals surface area contributed by atoms with Crippen LogP contribution in [0, 0.1) is 11.3 Å². The molecule has 0 atom stereocenters. The summed E-state index contributed by atoms with van der Waals surface area (Å²) in [6.07, 6.45) is 11.2. The lowest BCUT2D eigenvalue weighted by Gasteiger charge is -2.38. The zero-order valence-electron chi connectivity index (χ0n) is 12.3. The highest BCUT2D eigenvalue weighted by molar-refractivity contribution is 7.80. The molecule has 0 aliphatic heterocycles. The minimum absolute atomic E-state index is 0.490. The van der Waals surface area contributed by atoms with E-state index in [9.17, 15) is 0 Å². The molecule has 0 heterocycles. The molecule has 2 aliphatic rings. The Labute approximate surface area is 119 Å². The van der Waals surface area contributed by atoms with Crippen LogP contribution in [0.3, 0.4) is 0 Å². The number of hydrogen-bond donors (Lipinski definition) is 1. The van der Waals surface area contributed by atoms with Crippen molar-refractivity contribution < 1.29 is 0 Å². The molecule has 0 aromatic heterocycles. The van der Waals surface area contributed by atoms with Crippen molar-refractivity contribution in [1.29, 1.82) is 0 Å². The van der Waals surface area contributed by atoms with Crippen LogP contribution in [0.15, 0.2) is 0 Å². The van der Waals surface area contributed by atoms with Gasteiger partial charge in [-0.3, -0.25) is 4.90 Å². The maximum atomic E-state index is 4.71. The van der Waals surface area contributed by atoms with Crippen LogP contribution >= 0.6 is 12.6 Å². The molecule has 0 aromatic carbocycles. The lowest BCUT2D eigenvalue weighted by Crippen LogP contribution is -2.41. The predicted molar refractivity (Wildman–Crippen MR) is 83.4 cm³/mol. The van der Waals surface area contributed by atoms with E-state index in [4.69, 9.17) is 12.6 Å². The average Bonchev–Trinajstić information content (AvgIpc) is 3.21. The second-order valence-electron chi connectivity index (χ2n) is 6.76. The Bertz CT molecular complexity index is 239. The van der Waals surface area contributed by atoms with Gasteiger partial charge in [-0.1, -0.05) is 26.7 Å². The molecule has 0 radical (unpaired) electrons. The van der Waals surface area contributed by atoms with Gasteiger partial charge in [-0.05, 0) is 55.6 Å². The van der Waals surface area contributed by atoms with Crippen LogP contribution in [-0.2, 0) is 0 Å². The van der Waals surface area contributed by atoms with E-state index in [1.54, 1.807) is 0 Å². The van der Waals surface area contributed by atoms with Crippen molar-refractivity contribution in [1.82, 2.24) is 4.90 Å². The van der Waals surface area contributed by atoms with Gasteiger partial charge in [-0.25, -0.2) is 0 Å². The molecule has 0 N–H and O–H groups in total. The van der Waals surface area contributed by atoms with Crippen LogP contribution in [-0.4, -0.2) is 29.8 Å². The molecular weight excluding hydrogens is 238 g/mol. The molecule has 106 valence electrons. The predicted octanol–water partition coefficient (Wildman–Crippen LogP) is 4.38. The van der Waals surface area contributed by atoms with E-state index >= 15 is 0 Å². The third-order valence-corrected chi connectivity index (χ3v) is 5.36. The first kappa shape index (κ1) is 14.7. The maximum Gasteiger partial charge on any atom is 0.00967 e. The van der Waals surface area contributed by atoms with Crippen LogP contribution in [0.25, 0.3) is 0 Å². The molecule has 2 saturated carbocycles. The smallest absolute Gasteiger partial charge is 0.00967 e. The third kappa shape index (κ3) is 4.16. The van der Waals surface area contributed by atoms with Gasteiger partial charge in [-0.15, -0.1) is 0 Å².